The molecule has 2 N–H and O–H groups in total. The molecule has 0 fully saturated rings. The van der Waals surface area contributed by atoms with Crippen LogP contribution in [0.25, 0.3) is 0 Å². The molecule has 0 spiro atoms. The molecular weight excluding hydrogens is 348 g/mol. The summed E-state index contributed by atoms with van der Waals surface area (Å²) in [5.41, 5.74) is -0.784. The minimum absolute atomic E-state index is 0.108. The van der Waals surface area contributed by atoms with Crippen LogP contribution in [0.4, 0.5) is 0 Å². The molecular formula is C16H38MoN2O2. The number of hydrogen-bond donors (Lipinski definition) is 2. The molecule has 4 nitrogen and oxygen atoms in total. The standard InChI is InChI=1S/2C4H9N.2C4H10O.Mo/c4*1-4(2,3)5;/h2*1-3H3;2*5H,1-3H3;. The van der Waals surface area contributed by atoms with Gasteiger partial charge in [0.1, 0.15) is 0 Å². The predicted molar refractivity (Wildman–Crippen MR) is 88.3 cm³/mol. The van der Waals surface area contributed by atoms with E-state index in [-0.39, 0.29) is 11.1 Å². The Morgan fingerprint density at radius 1 is 0.524 bits per heavy atom. The van der Waals surface area contributed by atoms with Crippen molar-refractivity contribution in [2.75, 3.05) is 0 Å². The zero-order chi connectivity index (χ0) is 18.1. The molecule has 21 heavy (non-hydrogen) atoms. The first-order valence-electron chi connectivity index (χ1n) is 7.26. The van der Waals surface area contributed by atoms with Gasteiger partial charge in [0.05, 0.1) is 11.2 Å². The fourth-order valence-electron chi connectivity index (χ4n) is 0.265. The second-order valence-electron chi connectivity index (χ2n) is 8.95. The molecule has 0 radical (unpaired) electrons. The summed E-state index contributed by atoms with van der Waals surface area (Å²) in [7, 11) is 0. The number of aliphatic hydroxyl groups is 2. The molecule has 0 heterocycles. The maximum absolute atomic E-state index is 8.52. The van der Waals surface area contributed by atoms with E-state index in [1.54, 1.807) is 41.5 Å². The average molecular weight is 386 g/mol. The Morgan fingerprint density at radius 3 is 0.762 bits per heavy atom. The first-order chi connectivity index (χ1) is 8.71. The Hall–Kier alpha value is 0.208. The van der Waals surface area contributed by atoms with E-state index in [9.17, 15) is 0 Å². The fourth-order valence-corrected chi connectivity index (χ4v) is 1.57. The Morgan fingerprint density at radius 2 is 0.667 bits per heavy atom. The van der Waals surface area contributed by atoms with Crippen molar-refractivity contribution in [1.82, 2.24) is 0 Å². The monoisotopic (exact) mass is 388 g/mol. The van der Waals surface area contributed by atoms with Crippen LogP contribution in [-0.4, -0.2) is 32.5 Å². The van der Waals surface area contributed by atoms with E-state index in [0.717, 1.165) is 0 Å². The molecule has 0 saturated carbocycles. The van der Waals surface area contributed by atoms with Crippen LogP contribution in [0.2, 0.25) is 0 Å². The van der Waals surface area contributed by atoms with Gasteiger partial charge in [-0.2, -0.15) is 0 Å². The van der Waals surface area contributed by atoms with Gasteiger partial charge in [-0.1, -0.05) is 0 Å². The van der Waals surface area contributed by atoms with Crippen molar-refractivity contribution in [3.63, 3.8) is 0 Å². The summed E-state index contributed by atoms with van der Waals surface area (Å²) in [5, 5.41) is 17.0. The predicted octanol–water partition coefficient (Wildman–Crippen LogP) is 4.59. The van der Waals surface area contributed by atoms with Gasteiger partial charge in [0.2, 0.25) is 0 Å². The van der Waals surface area contributed by atoms with E-state index < -0.39 is 29.4 Å². The third-order valence-corrected chi connectivity index (χ3v) is 3.72. The molecule has 0 aliphatic carbocycles. The molecule has 0 bridgehead atoms. The van der Waals surface area contributed by atoms with Crippen molar-refractivity contribution >= 4 is 0 Å². The summed E-state index contributed by atoms with van der Waals surface area (Å²) in [5.74, 6) is 0. The van der Waals surface area contributed by atoms with Gasteiger partial charge in [0, 0.05) is 0 Å². The first-order valence-corrected chi connectivity index (χ1v) is 9.05. The van der Waals surface area contributed by atoms with Crippen LogP contribution in [0.15, 0.2) is 6.99 Å². The molecule has 0 aromatic rings. The molecule has 0 aromatic heterocycles. The van der Waals surface area contributed by atoms with E-state index in [2.05, 4.69) is 48.5 Å². The topological polar surface area (TPSA) is 65.2 Å². The van der Waals surface area contributed by atoms with Gasteiger partial charge in [0.15, 0.2) is 0 Å². The van der Waals surface area contributed by atoms with Crippen LogP contribution in [0.3, 0.4) is 0 Å². The minimum atomic E-state index is -0.500. The number of hydrogen-bond acceptors (Lipinski definition) is 4. The van der Waals surface area contributed by atoms with E-state index in [0.29, 0.717) is 0 Å². The molecule has 0 amide bonds. The third-order valence-electron chi connectivity index (χ3n) is 0.629. The maximum atomic E-state index is 8.52. The molecule has 5 heteroatoms. The summed E-state index contributed by atoms with van der Waals surface area (Å²) in [6, 6.07) is 0. The summed E-state index contributed by atoms with van der Waals surface area (Å²) in [6.45, 7) is 23.2. The van der Waals surface area contributed by atoms with Crippen LogP contribution in [-0.2, 0) is 18.2 Å². The van der Waals surface area contributed by atoms with Gasteiger partial charge in [-0.05, 0) is 41.5 Å². The molecule has 0 aromatic carbocycles. The molecule has 0 unspecified atom stereocenters. The Kier molecular flexibility index (Phi) is 12.5. The Balaban J connectivity index is -0.000000270. The van der Waals surface area contributed by atoms with Crippen LogP contribution in [0.5, 0.6) is 0 Å². The molecule has 130 valence electrons. The van der Waals surface area contributed by atoms with E-state index in [1.807, 2.05) is 0 Å². The molecule has 0 aliphatic rings. The summed E-state index contributed by atoms with van der Waals surface area (Å²) < 4.78 is 9.01. The molecule has 0 saturated heterocycles. The normalized spacial score (nSPS) is 12.3. The van der Waals surface area contributed by atoms with Crippen molar-refractivity contribution < 1.29 is 28.4 Å². The SMILES string of the molecule is CC(C)(C)O.CC(C)(C)O.CC(C)(C)[N]=[Mo]=[N]C(C)(C)C. The average Bonchev–Trinajstić information content (AvgIpc) is 1.89. The van der Waals surface area contributed by atoms with Crippen molar-refractivity contribution in [3.05, 3.63) is 0 Å². The van der Waals surface area contributed by atoms with Crippen LogP contribution in [0.1, 0.15) is 83.1 Å². The second-order valence-corrected chi connectivity index (χ2v) is 10.2. The molecule has 0 aliphatic heterocycles. The van der Waals surface area contributed by atoms with Crippen LogP contribution < -0.4 is 0 Å². The first kappa shape index (κ1) is 26.1. The van der Waals surface area contributed by atoms with E-state index in [1.165, 1.54) is 0 Å². The van der Waals surface area contributed by atoms with E-state index in [4.69, 9.17) is 10.2 Å². The summed E-state index contributed by atoms with van der Waals surface area (Å²) >= 11 is -0.473. The van der Waals surface area contributed by atoms with Crippen LogP contribution >= 0.6 is 0 Å². The molecule has 0 atom stereocenters. The van der Waals surface area contributed by atoms with Crippen molar-refractivity contribution in [3.8, 4) is 0 Å². The molecule has 0 rings (SSSR count). The fraction of sp³-hybridized carbons (Fsp3) is 1.00. The summed E-state index contributed by atoms with van der Waals surface area (Å²) in [4.78, 5) is 0. The van der Waals surface area contributed by atoms with Crippen molar-refractivity contribution in [1.29, 1.82) is 0 Å². The second kappa shape index (κ2) is 10.1. The van der Waals surface area contributed by atoms with E-state index >= 15 is 0 Å². The van der Waals surface area contributed by atoms with Crippen molar-refractivity contribution in [2.45, 2.75) is 105 Å². The van der Waals surface area contributed by atoms with Gasteiger partial charge >= 0.3 is 77.8 Å². The Labute approximate surface area is 141 Å². The van der Waals surface area contributed by atoms with Gasteiger partial charge in [0.25, 0.3) is 0 Å². The quantitative estimate of drug-likeness (QED) is 0.598. The number of rotatable bonds is 0. The van der Waals surface area contributed by atoms with Crippen molar-refractivity contribution in [2.24, 2.45) is 6.99 Å². The summed E-state index contributed by atoms with van der Waals surface area (Å²) in [6.07, 6.45) is 0. The number of nitrogens with zero attached hydrogens (tertiary/aromatic N) is 2. The third kappa shape index (κ3) is 99.4. The van der Waals surface area contributed by atoms with Gasteiger partial charge in [-0.25, -0.2) is 0 Å². The zero-order valence-electron chi connectivity index (χ0n) is 16.2. The Bertz CT molecular complexity index is 278. The van der Waals surface area contributed by atoms with Gasteiger partial charge in [-0.3, -0.25) is 0 Å². The zero-order valence-corrected chi connectivity index (χ0v) is 18.2. The van der Waals surface area contributed by atoms with Gasteiger partial charge in [-0.15, -0.1) is 0 Å². The van der Waals surface area contributed by atoms with Gasteiger partial charge < -0.3 is 10.2 Å². The van der Waals surface area contributed by atoms with Crippen LogP contribution in [0, 0.1) is 0 Å².